The summed E-state index contributed by atoms with van der Waals surface area (Å²) in [5, 5.41) is 5.79. The number of amides is 2. The summed E-state index contributed by atoms with van der Waals surface area (Å²) < 4.78 is 5.04. The van der Waals surface area contributed by atoms with Gasteiger partial charge in [0.05, 0.1) is 6.04 Å². The molecule has 1 rings (SSSR count). The predicted molar refractivity (Wildman–Crippen MR) is 58.9 cm³/mol. The largest absolute Gasteiger partial charge is 0.444 e. The van der Waals surface area contributed by atoms with Crippen LogP contribution in [0, 0.1) is 0 Å². The standard InChI is InChI=1S/C9H15BrN2O3/c1-9(2,3)15-8(14)12-6-5(4-10)11-7(6)13/h5-6H,4H2,1-3H3,(H,11,13)(H,12,14)/t5-,6+/m1/s1. The third-order valence-corrected chi connectivity index (χ3v) is 2.55. The summed E-state index contributed by atoms with van der Waals surface area (Å²) in [6.45, 7) is 5.32. The van der Waals surface area contributed by atoms with E-state index in [0.29, 0.717) is 5.33 Å². The van der Waals surface area contributed by atoms with Gasteiger partial charge in [-0.15, -0.1) is 0 Å². The Hall–Kier alpha value is -0.780. The fraction of sp³-hybridized carbons (Fsp3) is 0.778. The Kier molecular flexibility index (Phi) is 3.59. The first-order chi connectivity index (χ1) is 6.83. The highest BCUT2D eigenvalue weighted by Gasteiger charge is 2.40. The first-order valence-corrected chi connectivity index (χ1v) is 5.81. The smallest absolute Gasteiger partial charge is 0.408 e. The van der Waals surface area contributed by atoms with Crippen molar-refractivity contribution >= 4 is 27.9 Å². The molecule has 1 heterocycles. The van der Waals surface area contributed by atoms with Gasteiger partial charge in [0.15, 0.2) is 0 Å². The van der Waals surface area contributed by atoms with Gasteiger partial charge in [0.2, 0.25) is 5.91 Å². The zero-order valence-corrected chi connectivity index (χ0v) is 10.6. The number of β-lactam (4-membered cyclic amide) rings is 1. The van der Waals surface area contributed by atoms with Gasteiger partial charge in [0.1, 0.15) is 11.6 Å². The van der Waals surface area contributed by atoms with Gasteiger partial charge in [0, 0.05) is 5.33 Å². The fourth-order valence-corrected chi connectivity index (χ4v) is 1.71. The van der Waals surface area contributed by atoms with Gasteiger partial charge in [-0.3, -0.25) is 4.79 Å². The van der Waals surface area contributed by atoms with E-state index >= 15 is 0 Å². The maximum atomic E-state index is 11.3. The van der Waals surface area contributed by atoms with Crippen molar-refractivity contribution in [2.75, 3.05) is 5.33 Å². The van der Waals surface area contributed by atoms with Crippen molar-refractivity contribution < 1.29 is 14.3 Å². The molecule has 2 amide bonds. The molecule has 15 heavy (non-hydrogen) atoms. The number of nitrogens with one attached hydrogen (secondary N) is 2. The van der Waals surface area contributed by atoms with Crippen LogP contribution >= 0.6 is 15.9 Å². The normalized spacial score (nSPS) is 25.2. The Morgan fingerprint density at radius 1 is 1.60 bits per heavy atom. The van der Waals surface area contributed by atoms with Gasteiger partial charge < -0.3 is 15.4 Å². The van der Waals surface area contributed by atoms with E-state index in [-0.39, 0.29) is 11.9 Å². The minimum absolute atomic E-state index is 0.0509. The van der Waals surface area contributed by atoms with Crippen molar-refractivity contribution in [1.29, 1.82) is 0 Å². The average molecular weight is 279 g/mol. The molecule has 5 nitrogen and oxygen atoms in total. The summed E-state index contributed by atoms with van der Waals surface area (Å²) >= 11 is 3.24. The molecule has 1 aliphatic heterocycles. The van der Waals surface area contributed by atoms with Gasteiger partial charge in [-0.25, -0.2) is 4.79 Å². The molecule has 0 aromatic rings. The first kappa shape index (κ1) is 12.3. The lowest BCUT2D eigenvalue weighted by Crippen LogP contribution is -2.70. The number of halogens is 1. The molecule has 0 radical (unpaired) electrons. The van der Waals surface area contributed by atoms with Crippen LogP contribution in [0.25, 0.3) is 0 Å². The van der Waals surface area contributed by atoms with Crippen LogP contribution in [0.15, 0.2) is 0 Å². The third kappa shape index (κ3) is 3.37. The topological polar surface area (TPSA) is 67.4 Å². The molecular weight excluding hydrogens is 264 g/mol. The van der Waals surface area contributed by atoms with Crippen molar-refractivity contribution in [2.24, 2.45) is 0 Å². The molecule has 86 valence electrons. The van der Waals surface area contributed by atoms with Crippen molar-refractivity contribution in [1.82, 2.24) is 10.6 Å². The molecule has 1 aliphatic rings. The first-order valence-electron chi connectivity index (χ1n) is 4.69. The molecule has 0 unspecified atom stereocenters. The van der Waals surface area contributed by atoms with Crippen LogP contribution in [0.4, 0.5) is 4.79 Å². The quantitative estimate of drug-likeness (QED) is 0.579. The van der Waals surface area contributed by atoms with E-state index in [1.54, 1.807) is 20.8 Å². The number of ether oxygens (including phenoxy) is 1. The number of carbonyl (C=O) groups excluding carboxylic acids is 2. The van der Waals surface area contributed by atoms with Crippen LogP contribution in [-0.2, 0) is 9.53 Å². The van der Waals surface area contributed by atoms with E-state index < -0.39 is 17.7 Å². The van der Waals surface area contributed by atoms with Crippen LogP contribution in [-0.4, -0.2) is 35.0 Å². The Balaban J connectivity index is 2.41. The maximum Gasteiger partial charge on any atom is 0.408 e. The van der Waals surface area contributed by atoms with Crippen LogP contribution in [0.3, 0.4) is 0 Å². The van der Waals surface area contributed by atoms with Gasteiger partial charge in [0.25, 0.3) is 0 Å². The molecule has 2 N–H and O–H groups in total. The van der Waals surface area contributed by atoms with E-state index in [0.717, 1.165) is 0 Å². The van der Waals surface area contributed by atoms with E-state index in [1.165, 1.54) is 0 Å². The fourth-order valence-electron chi connectivity index (χ4n) is 1.17. The summed E-state index contributed by atoms with van der Waals surface area (Å²) in [6.07, 6.45) is -0.562. The lowest BCUT2D eigenvalue weighted by atomic mass is 10.0. The second-order valence-electron chi connectivity index (χ2n) is 4.39. The predicted octanol–water partition coefficient (Wildman–Crippen LogP) is 0.773. The molecule has 0 aromatic carbocycles. The average Bonchev–Trinajstić information content (AvgIpc) is 2.07. The summed E-state index contributed by atoms with van der Waals surface area (Å²) in [4.78, 5) is 22.4. The Labute approximate surface area is 97.1 Å². The lowest BCUT2D eigenvalue weighted by Gasteiger charge is -2.36. The molecule has 0 aromatic heterocycles. The Bertz CT molecular complexity index is 275. The molecule has 0 spiro atoms. The summed E-state index contributed by atoms with van der Waals surface area (Å²) in [5.41, 5.74) is -0.547. The van der Waals surface area contributed by atoms with E-state index in [1.807, 2.05) is 0 Å². The van der Waals surface area contributed by atoms with E-state index in [2.05, 4.69) is 26.6 Å². The number of rotatable bonds is 2. The van der Waals surface area contributed by atoms with Gasteiger partial charge >= 0.3 is 6.09 Å². The Morgan fingerprint density at radius 2 is 2.20 bits per heavy atom. The lowest BCUT2D eigenvalue weighted by molar-refractivity contribution is -0.131. The molecule has 1 fully saturated rings. The Morgan fingerprint density at radius 3 is 2.60 bits per heavy atom. The zero-order chi connectivity index (χ0) is 11.6. The third-order valence-electron chi connectivity index (χ3n) is 1.85. The number of alkyl carbamates (subject to hydrolysis) is 1. The van der Waals surface area contributed by atoms with E-state index in [9.17, 15) is 9.59 Å². The molecule has 0 aliphatic carbocycles. The zero-order valence-electron chi connectivity index (χ0n) is 8.96. The van der Waals surface area contributed by atoms with Crippen LogP contribution in [0.1, 0.15) is 20.8 Å². The second kappa shape index (κ2) is 4.38. The van der Waals surface area contributed by atoms with Gasteiger partial charge in [-0.05, 0) is 20.8 Å². The highest BCUT2D eigenvalue weighted by atomic mass is 79.9. The van der Waals surface area contributed by atoms with Crippen molar-refractivity contribution in [2.45, 2.75) is 38.5 Å². The number of alkyl halides is 1. The summed E-state index contributed by atoms with van der Waals surface area (Å²) in [7, 11) is 0. The van der Waals surface area contributed by atoms with Crippen LogP contribution in [0.2, 0.25) is 0 Å². The number of hydrogen-bond donors (Lipinski definition) is 2. The molecule has 2 atom stereocenters. The summed E-state index contributed by atoms with van der Waals surface area (Å²) in [5.74, 6) is -0.176. The monoisotopic (exact) mass is 278 g/mol. The SMILES string of the molecule is CC(C)(C)OC(=O)N[C@@H]1C(=O)N[C@@H]1CBr. The van der Waals surface area contributed by atoms with Crippen LogP contribution in [0.5, 0.6) is 0 Å². The van der Waals surface area contributed by atoms with Crippen molar-refractivity contribution in [3.05, 3.63) is 0 Å². The minimum Gasteiger partial charge on any atom is -0.444 e. The summed E-state index contributed by atoms with van der Waals surface area (Å²) in [6, 6.07) is -0.538. The second-order valence-corrected chi connectivity index (χ2v) is 5.04. The molecule has 6 heteroatoms. The molecule has 1 saturated heterocycles. The van der Waals surface area contributed by atoms with Crippen LogP contribution < -0.4 is 10.6 Å². The number of carbonyl (C=O) groups is 2. The highest BCUT2D eigenvalue weighted by molar-refractivity contribution is 9.09. The van der Waals surface area contributed by atoms with Crippen molar-refractivity contribution in [3.63, 3.8) is 0 Å². The minimum atomic E-state index is -0.562. The van der Waals surface area contributed by atoms with Gasteiger partial charge in [-0.1, -0.05) is 15.9 Å². The maximum absolute atomic E-state index is 11.3. The highest BCUT2D eigenvalue weighted by Crippen LogP contribution is 2.11. The molecule has 0 bridgehead atoms. The van der Waals surface area contributed by atoms with Gasteiger partial charge in [-0.2, -0.15) is 0 Å². The molecule has 0 saturated carbocycles. The molecular formula is C9H15BrN2O3. The van der Waals surface area contributed by atoms with E-state index in [4.69, 9.17) is 4.74 Å². The van der Waals surface area contributed by atoms with Crippen molar-refractivity contribution in [3.8, 4) is 0 Å². The number of hydrogen-bond acceptors (Lipinski definition) is 3.